The monoisotopic (exact) mass is 284 g/mol. The highest BCUT2D eigenvalue weighted by molar-refractivity contribution is 5.91. The average Bonchev–Trinajstić information content (AvgIpc) is 3.20. The number of hydrogen-bond acceptors (Lipinski definition) is 5. The lowest BCUT2D eigenvalue weighted by Crippen LogP contribution is -2.25. The summed E-state index contributed by atoms with van der Waals surface area (Å²) in [5.74, 6) is 0.0464. The molecule has 0 radical (unpaired) electrons. The Morgan fingerprint density at radius 3 is 2.90 bits per heavy atom. The van der Waals surface area contributed by atoms with Crippen molar-refractivity contribution >= 4 is 12.1 Å². The van der Waals surface area contributed by atoms with E-state index in [2.05, 4.69) is 33.5 Å². The fourth-order valence-corrected chi connectivity index (χ4v) is 2.30. The molecule has 1 aliphatic rings. The molecule has 1 saturated heterocycles. The molecule has 2 atom stereocenters. The van der Waals surface area contributed by atoms with Crippen LogP contribution in [0.3, 0.4) is 0 Å². The Labute approximate surface area is 122 Å². The van der Waals surface area contributed by atoms with Crippen molar-refractivity contribution in [1.82, 2.24) is 16.3 Å². The second-order valence-corrected chi connectivity index (χ2v) is 4.77. The maximum absolute atomic E-state index is 11.7. The van der Waals surface area contributed by atoms with E-state index in [1.807, 2.05) is 18.2 Å². The number of carbonyl (C=O) groups is 1. The van der Waals surface area contributed by atoms with Crippen molar-refractivity contribution in [2.24, 2.45) is 11.0 Å². The number of rotatable bonds is 4. The van der Waals surface area contributed by atoms with Crippen molar-refractivity contribution in [2.45, 2.75) is 6.04 Å². The van der Waals surface area contributed by atoms with Crippen LogP contribution in [0.25, 0.3) is 0 Å². The predicted molar refractivity (Wildman–Crippen MR) is 78.5 cm³/mol. The highest BCUT2D eigenvalue weighted by Crippen LogP contribution is 2.22. The third-order valence-electron chi connectivity index (χ3n) is 3.36. The van der Waals surface area contributed by atoms with Crippen LogP contribution >= 0.6 is 0 Å². The van der Waals surface area contributed by atoms with Crippen LogP contribution in [0.4, 0.5) is 0 Å². The Morgan fingerprint density at radius 1 is 1.29 bits per heavy atom. The molecule has 6 heteroatoms. The van der Waals surface area contributed by atoms with Gasteiger partial charge in [0.2, 0.25) is 0 Å². The first-order chi connectivity index (χ1) is 10.3. The lowest BCUT2D eigenvalue weighted by Gasteiger charge is -2.14. The molecule has 0 aliphatic carbocycles. The molecule has 0 bridgehead atoms. The quantitative estimate of drug-likeness (QED) is 0.586. The minimum atomic E-state index is -0.355. The minimum absolute atomic E-state index is 0.135. The Morgan fingerprint density at radius 2 is 2.14 bits per heavy atom. The molecule has 1 amide bonds. The lowest BCUT2D eigenvalue weighted by atomic mass is 9.96. The predicted octanol–water partition coefficient (Wildman–Crippen LogP) is 1.46. The van der Waals surface area contributed by atoms with E-state index in [-0.39, 0.29) is 23.6 Å². The summed E-state index contributed by atoms with van der Waals surface area (Å²) in [6.45, 7) is 0.750. The molecule has 3 rings (SSSR count). The maximum Gasteiger partial charge on any atom is 0.307 e. The summed E-state index contributed by atoms with van der Waals surface area (Å²) in [5, 5.41) is 4.02. The van der Waals surface area contributed by atoms with Crippen molar-refractivity contribution in [3.8, 4) is 0 Å². The molecule has 21 heavy (non-hydrogen) atoms. The van der Waals surface area contributed by atoms with Crippen LogP contribution in [-0.2, 0) is 0 Å². The zero-order chi connectivity index (χ0) is 14.5. The summed E-state index contributed by atoms with van der Waals surface area (Å²) in [6, 6.07) is 13.5. The van der Waals surface area contributed by atoms with Crippen LogP contribution in [0.15, 0.2) is 58.2 Å². The standard InChI is InChI=1S/C15H16N4O2/c20-15(13-7-4-8-21-13)19-17-10-12-9-16-18-14(12)11-5-2-1-3-6-11/h1-8,10,12,14,16,18H,9H2,(H,19,20)/b17-10+. The van der Waals surface area contributed by atoms with Crippen LogP contribution in [0.5, 0.6) is 0 Å². The molecule has 2 heterocycles. The van der Waals surface area contributed by atoms with E-state index in [4.69, 9.17) is 4.42 Å². The van der Waals surface area contributed by atoms with Crippen LogP contribution < -0.4 is 16.3 Å². The van der Waals surface area contributed by atoms with Gasteiger partial charge in [0.15, 0.2) is 5.76 Å². The van der Waals surface area contributed by atoms with Crippen molar-refractivity contribution in [1.29, 1.82) is 0 Å². The molecule has 0 spiro atoms. The topological polar surface area (TPSA) is 78.7 Å². The van der Waals surface area contributed by atoms with E-state index in [9.17, 15) is 4.79 Å². The molecular weight excluding hydrogens is 268 g/mol. The van der Waals surface area contributed by atoms with Gasteiger partial charge in [-0.3, -0.25) is 10.2 Å². The number of nitrogens with one attached hydrogen (secondary N) is 3. The van der Waals surface area contributed by atoms with E-state index >= 15 is 0 Å². The van der Waals surface area contributed by atoms with E-state index in [1.54, 1.807) is 18.3 Å². The van der Waals surface area contributed by atoms with Gasteiger partial charge < -0.3 is 4.42 Å². The second kappa shape index (κ2) is 6.34. The van der Waals surface area contributed by atoms with Crippen LogP contribution in [0.1, 0.15) is 22.2 Å². The lowest BCUT2D eigenvalue weighted by molar-refractivity contribution is 0.0927. The fourth-order valence-electron chi connectivity index (χ4n) is 2.30. The van der Waals surface area contributed by atoms with Crippen molar-refractivity contribution in [3.05, 3.63) is 60.1 Å². The number of nitrogens with zero attached hydrogens (tertiary/aromatic N) is 1. The van der Waals surface area contributed by atoms with Gasteiger partial charge in [0.1, 0.15) is 0 Å². The molecule has 1 aromatic heterocycles. The third-order valence-corrected chi connectivity index (χ3v) is 3.36. The van der Waals surface area contributed by atoms with Gasteiger partial charge in [0.25, 0.3) is 0 Å². The van der Waals surface area contributed by atoms with Crippen molar-refractivity contribution in [3.63, 3.8) is 0 Å². The molecule has 2 unspecified atom stereocenters. The summed E-state index contributed by atoms with van der Waals surface area (Å²) in [5.41, 5.74) is 9.97. The van der Waals surface area contributed by atoms with E-state index in [1.165, 1.54) is 11.8 Å². The number of hydrogen-bond donors (Lipinski definition) is 3. The van der Waals surface area contributed by atoms with Crippen LogP contribution in [0.2, 0.25) is 0 Å². The minimum Gasteiger partial charge on any atom is -0.459 e. The van der Waals surface area contributed by atoms with Crippen LogP contribution in [0, 0.1) is 5.92 Å². The fraction of sp³-hybridized carbons (Fsp3) is 0.200. The van der Waals surface area contributed by atoms with Gasteiger partial charge in [0.05, 0.1) is 12.3 Å². The molecule has 0 saturated carbocycles. The van der Waals surface area contributed by atoms with E-state index in [0.717, 1.165) is 6.54 Å². The molecular formula is C15H16N4O2. The molecule has 2 aromatic rings. The maximum atomic E-state index is 11.7. The van der Waals surface area contributed by atoms with Gasteiger partial charge in [-0.2, -0.15) is 5.10 Å². The summed E-state index contributed by atoms with van der Waals surface area (Å²) < 4.78 is 5.00. The van der Waals surface area contributed by atoms with E-state index < -0.39 is 0 Å². The zero-order valence-electron chi connectivity index (χ0n) is 11.3. The average molecular weight is 284 g/mol. The molecule has 6 nitrogen and oxygen atoms in total. The first-order valence-corrected chi connectivity index (χ1v) is 6.75. The van der Waals surface area contributed by atoms with Gasteiger partial charge in [-0.15, -0.1) is 0 Å². The number of carbonyl (C=O) groups excluding carboxylic acids is 1. The van der Waals surface area contributed by atoms with Crippen molar-refractivity contribution in [2.75, 3.05) is 6.54 Å². The third kappa shape index (κ3) is 3.18. The van der Waals surface area contributed by atoms with Gasteiger partial charge in [-0.1, -0.05) is 30.3 Å². The van der Waals surface area contributed by atoms with Crippen molar-refractivity contribution < 1.29 is 9.21 Å². The number of amides is 1. The Kier molecular flexibility index (Phi) is 4.09. The Bertz CT molecular complexity index is 610. The van der Waals surface area contributed by atoms with Gasteiger partial charge in [0, 0.05) is 18.7 Å². The number of hydrazone groups is 1. The number of hydrazine groups is 1. The molecule has 3 N–H and O–H groups in total. The van der Waals surface area contributed by atoms with Gasteiger partial charge in [-0.05, 0) is 17.7 Å². The smallest absolute Gasteiger partial charge is 0.307 e. The molecule has 1 fully saturated rings. The number of furan rings is 1. The summed E-state index contributed by atoms with van der Waals surface area (Å²) in [7, 11) is 0. The number of benzene rings is 1. The summed E-state index contributed by atoms with van der Waals surface area (Å²) in [6.07, 6.45) is 3.19. The SMILES string of the molecule is O=C(N/N=C/C1CNNC1c1ccccc1)c1ccco1. The molecule has 108 valence electrons. The van der Waals surface area contributed by atoms with Gasteiger partial charge in [-0.25, -0.2) is 10.9 Å². The summed E-state index contributed by atoms with van der Waals surface area (Å²) in [4.78, 5) is 11.7. The second-order valence-electron chi connectivity index (χ2n) is 4.77. The Hall–Kier alpha value is -2.44. The first-order valence-electron chi connectivity index (χ1n) is 6.75. The molecule has 1 aromatic carbocycles. The highest BCUT2D eigenvalue weighted by Gasteiger charge is 2.26. The highest BCUT2D eigenvalue weighted by atomic mass is 16.3. The normalized spacial score (nSPS) is 21.7. The zero-order valence-corrected chi connectivity index (χ0v) is 11.3. The first kappa shape index (κ1) is 13.5. The largest absolute Gasteiger partial charge is 0.459 e. The summed E-state index contributed by atoms with van der Waals surface area (Å²) >= 11 is 0. The molecule has 1 aliphatic heterocycles. The van der Waals surface area contributed by atoms with Crippen LogP contribution in [-0.4, -0.2) is 18.7 Å². The van der Waals surface area contributed by atoms with Gasteiger partial charge >= 0.3 is 5.91 Å². The Balaban J connectivity index is 1.61. The van der Waals surface area contributed by atoms with E-state index in [0.29, 0.717) is 0 Å².